The topological polar surface area (TPSA) is 99.2 Å². The number of carboxylic acids is 1. The number of fused-ring (bicyclic) bond motifs is 3. The van der Waals surface area contributed by atoms with Gasteiger partial charge in [-0.1, -0.05) is 61.9 Å². The summed E-state index contributed by atoms with van der Waals surface area (Å²) in [5.41, 5.74) is 4.59. The molecule has 2 aliphatic rings. The summed E-state index contributed by atoms with van der Waals surface area (Å²) in [7, 11) is 0. The summed E-state index contributed by atoms with van der Waals surface area (Å²) >= 11 is 0. The Balaban J connectivity index is 1.35. The number of ether oxygens (including phenoxy) is 1. The summed E-state index contributed by atoms with van der Waals surface area (Å²) in [6.45, 7) is 4.02. The molecule has 8 heteroatoms. The number of nitrogens with zero attached hydrogens (tertiary/aromatic N) is 2. The van der Waals surface area contributed by atoms with Crippen molar-refractivity contribution in [2.45, 2.75) is 31.7 Å². The highest BCUT2D eigenvalue weighted by atomic mass is 16.5. The highest BCUT2D eigenvalue weighted by Crippen LogP contribution is 2.44. The van der Waals surface area contributed by atoms with Gasteiger partial charge < -0.3 is 20.1 Å². The van der Waals surface area contributed by atoms with E-state index in [1.807, 2.05) is 31.2 Å². The summed E-state index contributed by atoms with van der Waals surface area (Å²) in [6, 6.07) is 15.6. The van der Waals surface area contributed by atoms with Crippen LogP contribution >= 0.6 is 0 Å². The van der Waals surface area contributed by atoms with Crippen molar-refractivity contribution in [3.8, 4) is 11.1 Å². The third kappa shape index (κ3) is 5.22. The van der Waals surface area contributed by atoms with E-state index in [9.17, 15) is 14.4 Å². The molecule has 0 unspecified atom stereocenters. The van der Waals surface area contributed by atoms with Crippen LogP contribution < -0.4 is 5.32 Å². The Hall–Kier alpha value is -3.39. The van der Waals surface area contributed by atoms with E-state index in [-0.39, 0.29) is 25.0 Å². The molecule has 0 bridgehead atoms. The second-order valence-electron chi connectivity index (χ2n) is 8.81. The van der Waals surface area contributed by atoms with Crippen LogP contribution in [0.2, 0.25) is 0 Å². The first-order chi connectivity index (χ1) is 16.5. The normalized spacial score (nSPS) is 16.4. The van der Waals surface area contributed by atoms with Crippen LogP contribution in [-0.2, 0) is 14.3 Å². The van der Waals surface area contributed by atoms with Crippen LogP contribution in [0.15, 0.2) is 48.5 Å². The van der Waals surface area contributed by atoms with E-state index in [0.29, 0.717) is 32.6 Å². The maximum Gasteiger partial charge on any atom is 0.407 e. The number of benzene rings is 2. The van der Waals surface area contributed by atoms with Gasteiger partial charge in [-0.15, -0.1) is 0 Å². The predicted octanol–water partition coefficient (Wildman–Crippen LogP) is 2.92. The van der Waals surface area contributed by atoms with Crippen molar-refractivity contribution in [1.82, 2.24) is 15.1 Å². The Labute approximate surface area is 199 Å². The third-order valence-corrected chi connectivity index (χ3v) is 6.55. The molecule has 1 atom stereocenters. The van der Waals surface area contributed by atoms with Crippen LogP contribution in [0.25, 0.3) is 11.1 Å². The number of alkyl carbamates (subject to hydrolysis) is 1. The van der Waals surface area contributed by atoms with Crippen LogP contribution in [0, 0.1) is 0 Å². The molecule has 1 saturated heterocycles. The number of nitrogens with one attached hydrogen (secondary N) is 1. The molecule has 2 amide bonds. The van der Waals surface area contributed by atoms with E-state index >= 15 is 0 Å². The number of carbonyl (C=O) groups excluding carboxylic acids is 2. The Kier molecular flexibility index (Phi) is 7.47. The molecule has 0 radical (unpaired) electrons. The average molecular weight is 466 g/mol. The standard InChI is InChI=1S/C26H31N3O5/c1-2-7-23(25(32)29-14-12-28(13-15-29)16-24(30)31)27-26(33)34-17-22-20-10-5-3-8-18(20)19-9-4-6-11-21(19)22/h3-6,8-11,22-23H,2,7,12-17H2,1H3,(H,27,33)(H,30,31)/t23-/m1/s1. The number of hydrogen-bond donors (Lipinski definition) is 2. The number of carbonyl (C=O) groups is 3. The average Bonchev–Trinajstić information content (AvgIpc) is 3.16. The molecule has 0 spiro atoms. The van der Waals surface area contributed by atoms with Crippen LogP contribution in [0.5, 0.6) is 0 Å². The van der Waals surface area contributed by atoms with Crippen molar-refractivity contribution < 1.29 is 24.2 Å². The molecule has 1 fully saturated rings. The van der Waals surface area contributed by atoms with Crippen molar-refractivity contribution >= 4 is 18.0 Å². The Morgan fingerprint density at radius 1 is 1.00 bits per heavy atom. The maximum atomic E-state index is 13.1. The molecule has 0 saturated carbocycles. The minimum absolute atomic E-state index is 0.0293. The number of hydrogen-bond acceptors (Lipinski definition) is 5. The quantitative estimate of drug-likeness (QED) is 0.622. The lowest BCUT2D eigenvalue weighted by Crippen LogP contribution is -2.55. The molecular formula is C26H31N3O5. The lowest BCUT2D eigenvalue weighted by molar-refractivity contribution is -0.139. The predicted molar refractivity (Wildman–Crippen MR) is 128 cm³/mol. The van der Waals surface area contributed by atoms with E-state index in [2.05, 4.69) is 29.6 Å². The van der Waals surface area contributed by atoms with E-state index in [1.165, 1.54) is 0 Å². The van der Waals surface area contributed by atoms with E-state index < -0.39 is 18.1 Å². The monoisotopic (exact) mass is 465 g/mol. The summed E-state index contributed by atoms with van der Waals surface area (Å²) in [5, 5.41) is 11.7. The molecule has 1 aliphatic carbocycles. The lowest BCUT2D eigenvalue weighted by Gasteiger charge is -2.35. The zero-order valence-corrected chi connectivity index (χ0v) is 19.4. The molecule has 1 heterocycles. The summed E-state index contributed by atoms with van der Waals surface area (Å²) < 4.78 is 5.62. The van der Waals surface area contributed by atoms with Gasteiger partial charge in [0, 0.05) is 32.1 Å². The molecule has 4 rings (SSSR count). The van der Waals surface area contributed by atoms with E-state index in [1.54, 1.807) is 9.80 Å². The van der Waals surface area contributed by atoms with E-state index in [0.717, 1.165) is 28.7 Å². The lowest BCUT2D eigenvalue weighted by atomic mass is 9.98. The van der Waals surface area contributed by atoms with Gasteiger partial charge in [-0.25, -0.2) is 4.79 Å². The maximum absolute atomic E-state index is 13.1. The van der Waals surface area contributed by atoms with Crippen molar-refractivity contribution in [2.24, 2.45) is 0 Å². The van der Waals surface area contributed by atoms with Gasteiger partial charge in [0.2, 0.25) is 5.91 Å². The van der Waals surface area contributed by atoms with Gasteiger partial charge in [0.1, 0.15) is 12.6 Å². The molecule has 180 valence electrons. The molecule has 2 aromatic rings. The molecule has 8 nitrogen and oxygen atoms in total. The third-order valence-electron chi connectivity index (χ3n) is 6.55. The Bertz CT molecular complexity index is 1000. The van der Waals surface area contributed by atoms with Crippen molar-refractivity contribution in [2.75, 3.05) is 39.3 Å². The fraction of sp³-hybridized carbons (Fsp3) is 0.423. The Morgan fingerprint density at radius 2 is 1.59 bits per heavy atom. The van der Waals surface area contributed by atoms with Crippen molar-refractivity contribution in [3.05, 3.63) is 59.7 Å². The van der Waals surface area contributed by atoms with Gasteiger partial charge in [0.05, 0.1) is 6.54 Å². The summed E-state index contributed by atoms with van der Waals surface area (Å²) in [6.07, 6.45) is 0.649. The number of rotatable bonds is 8. The van der Waals surface area contributed by atoms with Crippen molar-refractivity contribution in [3.63, 3.8) is 0 Å². The van der Waals surface area contributed by atoms with Gasteiger partial charge >= 0.3 is 12.1 Å². The molecule has 2 aromatic carbocycles. The zero-order chi connectivity index (χ0) is 24.1. The van der Waals surface area contributed by atoms with Gasteiger partial charge in [-0.2, -0.15) is 0 Å². The zero-order valence-electron chi connectivity index (χ0n) is 19.4. The van der Waals surface area contributed by atoms with Crippen LogP contribution in [-0.4, -0.2) is 78.2 Å². The first-order valence-corrected chi connectivity index (χ1v) is 11.8. The Morgan fingerprint density at radius 3 is 2.15 bits per heavy atom. The molecule has 34 heavy (non-hydrogen) atoms. The van der Waals surface area contributed by atoms with Gasteiger partial charge in [0.25, 0.3) is 0 Å². The molecule has 0 aromatic heterocycles. The first kappa shape index (κ1) is 23.8. The fourth-order valence-electron chi connectivity index (χ4n) is 4.87. The van der Waals surface area contributed by atoms with Crippen LogP contribution in [0.1, 0.15) is 36.8 Å². The van der Waals surface area contributed by atoms with Crippen molar-refractivity contribution in [1.29, 1.82) is 0 Å². The van der Waals surface area contributed by atoms with Crippen LogP contribution in [0.3, 0.4) is 0 Å². The smallest absolute Gasteiger partial charge is 0.407 e. The largest absolute Gasteiger partial charge is 0.480 e. The summed E-state index contributed by atoms with van der Waals surface area (Å²) in [4.78, 5) is 40.2. The number of carboxylic acid groups (broad SMARTS) is 1. The minimum atomic E-state index is -0.874. The highest BCUT2D eigenvalue weighted by molar-refractivity contribution is 5.86. The number of aliphatic carboxylic acids is 1. The number of amides is 2. The SMILES string of the molecule is CCC[C@@H](NC(=O)OCC1c2ccccc2-c2ccccc21)C(=O)N1CCN(CC(=O)O)CC1. The van der Waals surface area contributed by atoms with Gasteiger partial charge in [-0.05, 0) is 28.7 Å². The molecule has 1 aliphatic heterocycles. The highest BCUT2D eigenvalue weighted by Gasteiger charge is 2.31. The van der Waals surface area contributed by atoms with Gasteiger partial charge in [-0.3, -0.25) is 14.5 Å². The first-order valence-electron chi connectivity index (χ1n) is 11.8. The second-order valence-corrected chi connectivity index (χ2v) is 8.81. The van der Waals surface area contributed by atoms with Crippen LogP contribution in [0.4, 0.5) is 4.79 Å². The minimum Gasteiger partial charge on any atom is -0.480 e. The van der Waals surface area contributed by atoms with Gasteiger partial charge in [0.15, 0.2) is 0 Å². The number of piperazine rings is 1. The summed E-state index contributed by atoms with van der Waals surface area (Å²) in [5.74, 6) is -1.06. The molecular weight excluding hydrogens is 434 g/mol. The molecule has 2 N–H and O–H groups in total. The fourth-order valence-corrected chi connectivity index (χ4v) is 4.87. The van der Waals surface area contributed by atoms with E-state index in [4.69, 9.17) is 9.84 Å². The second kappa shape index (κ2) is 10.7.